The van der Waals surface area contributed by atoms with Gasteiger partial charge in [-0.1, -0.05) is 18.2 Å². The zero-order valence-electron chi connectivity index (χ0n) is 12.8. The van der Waals surface area contributed by atoms with E-state index in [0.29, 0.717) is 5.56 Å². The SMILES string of the molecule is NC(=O)NC1=C(C(=O)O)N2C(=O)C(NC(=O)c3ccccc3)[C@@H]2SC1. The summed E-state index contributed by atoms with van der Waals surface area (Å²) in [6.45, 7) is 0. The van der Waals surface area contributed by atoms with E-state index in [9.17, 15) is 24.3 Å². The first kappa shape index (κ1) is 16.8. The number of thioether (sulfide) groups is 1. The Morgan fingerprint density at radius 3 is 2.52 bits per heavy atom. The lowest BCUT2D eigenvalue weighted by Gasteiger charge is -2.49. The number of aliphatic carboxylic acids is 1. The van der Waals surface area contributed by atoms with Gasteiger partial charge in [0.1, 0.15) is 11.4 Å². The first-order valence-corrected chi connectivity index (χ1v) is 8.28. The van der Waals surface area contributed by atoms with Crippen LogP contribution in [0.25, 0.3) is 0 Å². The van der Waals surface area contributed by atoms with Crippen molar-refractivity contribution in [2.45, 2.75) is 11.4 Å². The first-order valence-electron chi connectivity index (χ1n) is 7.23. The summed E-state index contributed by atoms with van der Waals surface area (Å²) in [6, 6.07) is 6.65. The molecule has 9 nitrogen and oxygen atoms in total. The van der Waals surface area contributed by atoms with E-state index < -0.39 is 35.2 Å². The number of rotatable bonds is 4. The standard InChI is InChI=1S/C15H14N4O5S/c16-15(24)17-8-6-25-13-9(12(21)19(13)10(8)14(22)23)18-11(20)7-4-2-1-3-5-7/h1-5,9,13H,6H2,(H,18,20)(H,22,23)(H3,16,17,24)/t9?,13-/m0/s1. The molecule has 130 valence electrons. The number of primary amides is 1. The van der Waals surface area contributed by atoms with Gasteiger partial charge in [0.2, 0.25) is 0 Å². The molecule has 0 bridgehead atoms. The third kappa shape index (κ3) is 3.03. The van der Waals surface area contributed by atoms with E-state index in [4.69, 9.17) is 5.73 Å². The maximum absolute atomic E-state index is 12.4. The molecule has 2 heterocycles. The van der Waals surface area contributed by atoms with E-state index in [1.807, 2.05) is 0 Å². The maximum atomic E-state index is 12.4. The van der Waals surface area contributed by atoms with Crippen LogP contribution in [0.4, 0.5) is 4.79 Å². The minimum Gasteiger partial charge on any atom is -0.477 e. The fraction of sp³-hybridized carbons (Fsp3) is 0.200. The molecule has 4 amide bonds. The highest BCUT2D eigenvalue weighted by Crippen LogP contribution is 2.39. The summed E-state index contributed by atoms with van der Waals surface area (Å²) in [5, 5.41) is 13.7. The average molecular weight is 362 g/mol. The second-order valence-corrected chi connectivity index (χ2v) is 6.45. The molecule has 2 atom stereocenters. The summed E-state index contributed by atoms with van der Waals surface area (Å²) >= 11 is 1.23. The van der Waals surface area contributed by atoms with Crippen molar-refractivity contribution in [1.82, 2.24) is 15.5 Å². The smallest absolute Gasteiger partial charge is 0.354 e. The second kappa shape index (κ2) is 6.48. The van der Waals surface area contributed by atoms with Gasteiger partial charge in [0.05, 0.1) is 5.70 Å². The number of amides is 4. The minimum absolute atomic E-state index is 0.0578. The second-order valence-electron chi connectivity index (χ2n) is 5.35. The Bertz CT molecular complexity index is 794. The minimum atomic E-state index is -1.35. The molecule has 0 aromatic heterocycles. The van der Waals surface area contributed by atoms with Crippen LogP contribution in [0, 0.1) is 0 Å². The van der Waals surface area contributed by atoms with Gasteiger partial charge < -0.3 is 21.5 Å². The lowest BCUT2D eigenvalue weighted by Crippen LogP contribution is -2.71. The van der Waals surface area contributed by atoms with Gasteiger partial charge in [0, 0.05) is 11.3 Å². The Morgan fingerprint density at radius 2 is 1.92 bits per heavy atom. The molecule has 0 saturated carbocycles. The predicted molar refractivity (Wildman–Crippen MR) is 88.2 cm³/mol. The fourth-order valence-electron chi connectivity index (χ4n) is 2.68. The van der Waals surface area contributed by atoms with E-state index in [2.05, 4.69) is 10.6 Å². The maximum Gasteiger partial charge on any atom is 0.354 e. The van der Waals surface area contributed by atoms with Crippen LogP contribution in [-0.4, -0.2) is 51.0 Å². The Balaban J connectivity index is 1.79. The molecule has 0 aliphatic carbocycles. The van der Waals surface area contributed by atoms with Crippen LogP contribution in [-0.2, 0) is 9.59 Å². The van der Waals surface area contributed by atoms with Gasteiger partial charge in [-0.3, -0.25) is 14.5 Å². The molecule has 1 fully saturated rings. The number of carboxylic acid groups (broad SMARTS) is 1. The molecular formula is C15H14N4O5S. The van der Waals surface area contributed by atoms with Crippen LogP contribution in [0.5, 0.6) is 0 Å². The van der Waals surface area contributed by atoms with Gasteiger partial charge in [-0.15, -0.1) is 11.8 Å². The molecule has 2 aliphatic heterocycles. The number of benzene rings is 1. The summed E-state index contributed by atoms with van der Waals surface area (Å²) in [4.78, 5) is 48.1. The van der Waals surface area contributed by atoms with E-state index in [0.717, 1.165) is 4.90 Å². The number of carbonyl (C=O) groups excluding carboxylic acids is 3. The van der Waals surface area contributed by atoms with Crippen LogP contribution >= 0.6 is 11.8 Å². The summed E-state index contributed by atoms with van der Waals surface area (Å²) < 4.78 is 0. The lowest BCUT2D eigenvalue weighted by atomic mass is 10.0. The summed E-state index contributed by atoms with van der Waals surface area (Å²) in [5.74, 6) is -2.17. The van der Waals surface area contributed by atoms with Crippen molar-refractivity contribution in [2.75, 3.05) is 5.75 Å². The Labute approximate surface area is 146 Å². The van der Waals surface area contributed by atoms with E-state index >= 15 is 0 Å². The van der Waals surface area contributed by atoms with E-state index in [1.165, 1.54) is 11.8 Å². The van der Waals surface area contributed by atoms with Crippen molar-refractivity contribution in [3.8, 4) is 0 Å². The number of nitrogens with one attached hydrogen (secondary N) is 2. The highest BCUT2D eigenvalue weighted by atomic mass is 32.2. The molecule has 1 unspecified atom stereocenters. The Kier molecular flexibility index (Phi) is 4.36. The van der Waals surface area contributed by atoms with Gasteiger partial charge >= 0.3 is 12.0 Å². The monoisotopic (exact) mass is 362 g/mol. The van der Waals surface area contributed by atoms with E-state index in [-0.39, 0.29) is 17.1 Å². The Hall–Kier alpha value is -3.01. The Morgan fingerprint density at radius 1 is 1.24 bits per heavy atom. The molecule has 25 heavy (non-hydrogen) atoms. The van der Waals surface area contributed by atoms with Gasteiger partial charge in [0.25, 0.3) is 11.8 Å². The normalized spacial score (nSPS) is 21.9. The van der Waals surface area contributed by atoms with Crippen molar-refractivity contribution in [2.24, 2.45) is 5.73 Å². The van der Waals surface area contributed by atoms with Gasteiger partial charge in [-0.05, 0) is 12.1 Å². The molecule has 0 spiro atoms. The number of hydrogen-bond donors (Lipinski definition) is 4. The topological polar surface area (TPSA) is 142 Å². The average Bonchev–Trinajstić information content (AvgIpc) is 2.59. The number of hydrogen-bond acceptors (Lipinski definition) is 5. The number of carbonyl (C=O) groups is 4. The molecule has 3 rings (SSSR count). The van der Waals surface area contributed by atoms with Crippen LogP contribution in [0.2, 0.25) is 0 Å². The number of nitrogens with zero attached hydrogens (tertiary/aromatic N) is 1. The third-order valence-electron chi connectivity index (χ3n) is 3.77. The molecule has 1 aromatic carbocycles. The van der Waals surface area contributed by atoms with Crippen LogP contribution in [0.15, 0.2) is 41.7 Å². The van der Waals surface area contributed by atoms with E-state index in [1.54, 1.807) is 30.3 Å². The van der Waals surface area contributed by atoms with Crippen molar-refractivity contribution >= 4 is 35.6 Å². The zero-order valence-corrected chi connectivity index (χ0v) is 13.6. The highest BCUT2D eigenvalue weighted by Gasteiger charge is 2.54. The molecule has 1 aromatic rings. The third-order valence-corrected chi connectivity index (χ3v) is 5.05. The van der Waals surface area contributed by atoms with Crippen LogP contribution in [0.1, 0.15) is 10.4 Å². The van der Waals surface area contributed by atoms with Crippen molar-refractivity contribution in [1.29, 1.82) is 0 Å². The van der Waals surface area contributed by atoms with Gasteiger partial charge in [-0.25, -0.2) is 9.59 Å². The van der Waals surface area contributed by atoms with Gasteiger partial charge in [0.15, 0.2) is 5.70 Å². The summed E-state index contributed by atoms with van der Waals surface area (Å²) in [5.41, 5.74) is 5.17. The van der Waals surface area contributed by atoms with Gasteiger partial charge in [-0.2, -0.15) is 0 Å². The summed E-state index contributed by atoms with van der Waals surface area (Å²) in [6.07, 6.45) is 0. The molecular weight excluding hydrogens is 348 g/mol. The predicted octanol–water partition coefficient (Wildman–Crippen LogP) is -0.335. The van der Waals surface area contributed by atoms with Crippen LogP contribution < -0.4 is 16.4 Å². The fourth-order valence-corrected chi connectivity index (χ4v) is 3.96. The van der Waals surface area contributed by atoms with Crippen molar-refractivity contribution in [3.05, 3.63) is 47.3 Å². The highest BCUT2D eigenvalue weighted by molar-refractivity contribution is 8.00. The van der Waals surface area contributed by atoms with Crippen molar-refractivity contribution < 1.29 is 24.3 Å². The quantitative estimate of drug-likeness (QED) is 0.540. The number of carboxylic acids is 1. The molecule has 0 radical (unpaired) electrons. The van der Waals surface area contributed by atoms with Crippen molar-refractivity contribution in [3.63, 3.8) is 0 Å². The van der Waals surface area contributed by atoms with Crippen LogP contribution in [0.3, 0.4) is 0 Å². The zero-order chi connectivity index (χ0) is 18.1. The largest absolute Gasteiger partial charge is 0.477 e. The first-order chi connectivity index (χ1) is 11.9. The lowest BCUT2D eigenvalue weighted by molar-refractivity contribution is -0.148. The molecule has 2 aliphatic rings. The number of β-lactam (4-membered cyclic amide) rings is 1. The molecule has 10 heteroatoms. The number of fused-ring (bicyclic) bond motifs is 1. The summed E-state index contributed by atoms with van der Waals surface area (Å²) in [7, 11) is 0. The number of urea groups is 1. The number of nitrogens with two attached hydrogens (primary N) is 1. The molecule has 1 saturated heterocycles. The molecule has 5 N–H and O–H groups in total.